The number of carbonyl (C=O) groups excluding carboxylic acids is 1. The molecule has 35 heavy (non-hydrogen) atoms. The first kappa shape index (κ1) is 24.6. The Morgan fingerprint density at radius 3 is 2.71 bits per heavy atom. The zero-order valence-electron chi connectivity index (χ0n) is 20.4. The molecule has 0 aliphatic carbocycles. The number of rotatable bonds is 11. The van der Waals surface area contributed by atoms with Crippen LogP contribution < -0.4 is 14.8 Å². The molecule has 0 spiro atoms. The number of H-pyrrole nitrogens is 1. The molecule has 2 aromatic heterocycles. The van der Waals surface area contributed by atoms with E-state index in [4.69, 9.17) is 9.47 Å². The third-order valence-corrected chi connectivity index (χ3v) is 6.62. The summed E-state index contributed by atoms with van der Waals surface area (Å²) in [5, 5.41) is 6.34. The number of para-hydroxylation sites is 1. The lowest BCUT2D eigenvalue weighted by molar-refractivity contribution is -0.116. The zero-order valence-corrected chi connectivity index (χ0v) is 21.2. The van der Waals surface area contributed by atoms with Gasteiger partial charge in [0, 0.05) is 40.5 Å². The van der Waals surface area contributed by atoms with Crippen LogP contribution in [0.25, 0.3) is 17.0 Å². The van der Waals surface area contributed by atoms with E-state index in [0.717, 1.165) is 16.8 Å². The minimum absolute atomic E-state index is 0.0745. The molecule has 0 aliphatic heterocycles. The van der Waals surface area contributed by atoms with E-state index < -0.39 is 0 Å². The number of carbonyl (C=O) groups is 1. The predicted octanol–water partition coefficient (Wildman–Crippen LogP) is 6.62. The molecule has 1 amide bonds. The quantitative estimate of drug-likeness (QED) is 0.233. The van der Waals surface area contributed by atoms with Crippen molar-refractivity contribution < 1.29 is 14.3 Å². The highest BCUT2D eigenvalue weighted by Gasteiger charge is 2.19. The topological polar surface area (TPSA) is 63.3 Å². The number of aromatic amines is 1. The molecule has 0 saturated carbocycles. The van der Waals surface area contributed by atoms with Crippen molar-refractivity contribution in [2.24, 2.45) is 5.92 Å². The molecule has 4 rings (SSSR count). The third-order valence-electron chi connectivity index (χ3n) is 5.63. The number of amides is 1. The van der Waals surface area contributed by atoms with E-state index in [0.29, 0.717) is 31.4 Å². The van der Waals surface area contributed by atoms with Gasteiger partial charge in [-0.3, -0.25) is 4.79 Å². The zero-order chi connectivity index (χ0) is 24.6. The number of nitrogens with one attached hydrogen (secondary N) is 2. The largest absolute Gasteiger partial charge is 0.490 e. The van der Waals surface area contributed by atoms with E-state index in [9.17, 15) is 4.79 Å². The minimum Gasteiger partial charge on any atom is -0.490 e. The maximum absolute atomic E-state index is 12.7. The standard InChI is InChI=1S/C29H32N2O3S/c1-4-33-27-16-21(11-13-26(27)34-19-20(2)3)12-14-29(32)31-18-24(28-10-7-15-35-28)23-17-30-25-9-6-5-8-22(23)25/h5-17,20,24,30H,4,18-19H2,1-3H3,(H,31,32). The SMILES string of the molecule is CCOc1cc(C=CC(=O)NCC(c2cccs2)c2c[nH]c3ccccc23)ccc1OCC(C)C. The molecule has 1 atom stereocenters. The van der Waals surface area contributed by atoms with Crippen LogP contribution >= 0.6 is 11.3 Å². The molecule has 0 saturated heterocycles. The van der Waals surface area contributed by atoms with Crippen molar-refractivity contribution in [3.63, 3.8) is 0 Å². The number of fused-ring (bicyclic) bond motifs is 1. The summed E-state index contributed by atoms with van der Waals surface area (Å²) in [4.78, 5) is 17.3. The Bertz CT molecular complexity index is 1270. The fourth-order valence-electron chi connectivity index (χ4n) is 3.94. The Labute approximate surface area is 210 Å². The van der Waals surface area contributed by atoms with Gasteiger partial charge in [0.1, 0.15) is 0 Å². The van der Waals surface area contributed by atoms with Crippen LogP contribution in [0.4, 0.5) is 0 Å². The van der Waals surface area contributed by atoms with Crippen LogP contribution in [0.5, 0.6) is 11.5 Å². The number of ether oxygens (including phenoxy) is 2. The first-order chi connectivity index (χ1) is 17.0. The van der Waals surface area contributed by atoms with Gasteiger partial charge in [0.2, 0.25) is 5.91 Å². The van der Waals surface area contributed by atoms with Crippen LogP contribution in [-0.2, 0) is 4.79 Å². The number of aromatic nitrogens is 1. The van der Waals surface area contributed by atoms with Gasteiger partial charge in [-0.1, -0.05) is 44.2 Å². The molecule has 1 unspecified atom stereocenters. The second-order valence-corrected chi connectivity index (χ2v) is 9.76. The first-order valence-corrected chi connectivity index (χ1v) is 12.9. The highest BCUT2D eigenvalue weighted by molar-refractivity contribution is 7.10. The normalized spacial score (nSPS) is 12.3. The Balaban J connectivity index is 1.45. The summed E-state index contributed by atoms with van der Waals surface area (Å²) >= 11 is 1.70. The highest BCUT2D eigenvalue weighted by atomic mass is 32.1. The lowest BCUT2D eigenvalue weighted by Crippen LogP contribution is -2.26. The second-order valence-electron chi connectivity index (χ2n) is 8.78. The van der Waals surface area contributed by atoms with Gasteiger partial charge in [-0.05, 0) is 59.7 Å². The molecule has 0 aliphatic rings. The van der Waals surface area contributed by atoms with Crippen molar-refractivity contribution in [3.8, 4) is 11.5 Å². The van der Waals surface area contributed by atoms with Crippen molar-refractivity contribution in [3.05, 3.63) is 88.3 Å². The van der Waals surface area contributed by atoms with Gasteiger partial charge in [-0.25, -0.2) is 0 Å². The molecule has 182 valence electrons. The molecule has 2 N–H and O–H groups in total. The lowest BCUT2D eigenvalue weighted by Gasteiger charge is -2.16. The van der Waals surface area contributed by atoms with Gasteiger partial charge in [0.25, 0.3) is 0 Å². The maximum Gasteiger partial charge on any atom is 0.244 e. The smallest absolute Gasteiger partial charge is 0.244 e. The van der Waals surface area contributed by atoms with E-state index >= 15 is 0 Å². The molecule has 5 nitrogen and oxygen atoms in total. The van der Waals surface area contributed by atoms with Crippen LogP contribution in [0, 0.1) is 5.92 Å². The van der Waals surface area contributed by atoms with Crippen LogP contribution in [0.1, 0.15) is 42.7 Å². The number of thiophene rings is 1. The van der Waals surface area contributed by atoms with Crippen LogP contribution in [-0.4, -0.2) is 30.6 Å². The van der Waals surface area contributed by atoms with Crippen LogP contribution in [0.2, 0.25) is 0 Å². The summed E-state index contributed by atoms with van der Waals surface area (Å²) in [5.41, 5.74) is 3.17. The van der Waals surface area contributed by atoms with Gasteiger partial charge < -0.3 is 19.8 Å². The average molecular weight is 489 g/mol. The van der Waals surface area contributed by atoms with E-state index in [2.05, 4.69) is 53.9 Å². The number of benzene rings is 2. The van der Waals surface area contributed by atoms with Gasteiger partial charge in [-0.15, -0.1) is 11.3 Å². The summed E-state index contributed by atoms with van der Waals surface area (Å²) in [6.45, 7) is 7.84. The van der Waals surface area contributed by atoms with Gasteiger partial charge >= 0.3 is 0 Å². The van der Waals surface area contributed by atoms with Crippen molar-refractivity contribution in [2.75, 3.05) is 19.8 Å². The third kappa shape index (κ3) is 6.34. The van der Waals surface area contributed by atoms with Gasteiger partial charge in [-0.2, -0.15) is 0 Å². The molecule has 0 radical (unpaired) electrons. The number of hydrogen-bond donors (Lipinski definition) is 2. The van der Waals surface area contributed by atoms with Crippen molar-refractivity contribution in [1.82, 2.24) is 10.3 Å². The lowest BCUT2D eigenvalue weighted by atomic mass is 9.96. The monoisotopic (exact) mass is 488 g/mol. The Hall–Kier alpha value is -3.51. The summed E-state index contributed by atoms with van der Waals surface area (Å²) in [7, 11) is 0. The number of hydrogen-bond acceptors (Lipinski definition) is 4. The highest BCUT2D eigenvalue weighted by Crippen LogP contribution is 2.33. The fourth-order valence-corrected chi connectivity index (χ4v) is 4.79. The summed E-state index contributed by atoms with van der Waals surface area (Å²) < 4.78 is 11.6. The predicted molar refractivity (Wildman–Crippen MR) is 144 cm³/mol. The average Bonchev–Trinajstić information content (AvgIpc) is 3.53. The van der Waals surface area contributed by atoms with Crippen molar-refractivity contribution in [2.45, 2.75) is 26.7 Å². The second kappa shape index (κ2) is 11.8. The summed E-state index contributed by atoms with van der Waals surface area (Å²) in [5.74, 6) is 1.78. The molecule has 6 heteroatoms. The molecule has 0 bridgehead atoms. The van der Waals surface area contributed by atoms with Crippen LogP contribution in [0.15, 0.2) is 72.3 Å². The fraction of sp³-hybridized carbons (Fsp3) is 0.276. The Morgan fingerprint density at radius 2 is 1.94 bits per heavy atom. The van der Waals surface area contributed by atoms with Crippen LogP contribution in [0.3, 0.4) is 0 Å². The van der Waals surface area contributed by atoms with Crippen molar-refractivity contribution >= 4 is 34.2 Å². The van der Waals surface area contributed by atoms with Gasteiger partial charge in [0.15, 0.2) is 11.5 Å². The summed E-state index contributed by atoms with van der Waals surface area (Å²) in [6.07, 6.45) is 5.42. The molecule has 2 aromatic carbocycles. The van der Waals surface area contributed by atoms with E-state index in [1.54, 1.807) is 23.5 Å². The minimum atomic E-state index is -0.135. The van der Waals surface area contributed by atoms with Crippen molar-refractivity contribution in [1.29, 1.82) is 0 Å². The molecule has 0 fully saturated rings. The van der Waals surface area contributed by atoms with E-state index in [1.165, 1.54) is 15.8 Å². The summed E-state index contributed by atoms with van der Waals surface area (Å²) in [6, 6.07) is 18.2. The molecule has 4 aromatic rings. The first-order valence-electron chi connectivity index (χ1n) is 12.0. The maximum atomic E-state index is 12.7. The Morgan fingerprint density at radius 1 is 1.09 bits per heavy atom. The molecule has 2 heterocycles. The van der Waals surface area contributed by atoms with Gasteiger partial charge in [0.05, 0.1) is 13.2 Å². The Kier molecular flexibility index (Phi) is 8.27. The van der Waals surface area contributed by atoms with E-state index in [-0.39, 0.29) is 11.8 Å². The molecular weight excluding hydrogens is 456 g/mol. The molecular formula is C29H32N2O3S. The van der Waals surface area contributed by atoms with E-state index in [1.807, 2.05) is 43.3 Å².